The van der Waals surface area contributed by atoms with Crippen molar-refractivity contribution in [3.8, 4) is 0 Å². The average Bonchev–Trinajstić information content (AvgIpc) is 2.84. The van der Waals surface area contributed by atoms with E-state index >= 15 is 0 Å². The highest BCUT2D eigenvalue weighted by Crippen LogP contribution is 2.23. The fourth-order valence-corrected chi connectivity index (χ4v) is 2.56. The molecule has 0 spiro atoms. The Morgan fingerprint density at radius 2 is 2.11 bits per heavy atom. The van der Waals surface area contributed by atoms with Gasteiger partial charge in [0, 0.05) is 12.4 Å². The third-order valence-electron chi connectivity index (χ3n) is 2.40. The van der Waals surface area contributed by atoms with Crippen LogP contribution in [-0.2, 0) is 0 Å². The number of thiazole rings is 1. The molecule has 0 aliphatic rings. The summed E-state index contributed by atoms with van der Waals surface area (Å²) in [6.07, 6.45) is 4.66. The molecule has 5 nitrogen and oxygen atoms in total. The zero-order valence-corrected chi connectivity index (χ0v) is 10.0. The number of para-hydroxylation sites is 1. The molecule has 1 N–H and O–H groups in total. The number of hydrogen-bond donors (Lipinski definition) is 1. The molecule has 88 valence electrons. The first kappa shape index (κ1) is 10.8. The predicted octanol–water partition coefficient (Wildman–Crippen LogP) is 2.31. The van der Waals surface area contributed by atoms with E-state index in [4.69, 9.17) is 5.21 Å². The normalized spacial score (nSPS) is 11.9. The maximum atomic E-state index is 9.14. The van der Waals surface area contributed by atoms with Crippen LogP contribution in [0.25, 0.3) is 10.2 Å². The van der Waals surface area contributed by atoms with Gasteiger partial charge in [0.05, 0.1) is 16.4 Å². The fraction of sp³-hybridized carbons (Fsp3) is 0. The number of benzene rings is 1. The Hall–Kier alpha value is -2.34. The molecule has 6 heteroatoms. The zero-order valence-electron chi connectivity index (χ0n) is 9.19. The molecule has 0 aliphatic heterocycles. The summed E-state index contributed by atoms with van der Waals surface area (Å²) in [7, 11) is 0. The molecule has 0 amide bonds. The largest absolute Gasteiger partial charge is 0.410 e. The molecule has 0 saturated heterocycles. The van der Waals surface area contributed by atoms with E-state index in [0.717, 1.165) is 10.2 Å². The first-order valence-corrected chi connectivity index (χ1v) is 6.04. The average molecular weight is 256 g/mol. The molecule has 2 aromatic heterocycles. The van der Waals surface area contributed by atoms with Gasteiger partial charge in [0.15, 0.2) is 5.71 Å². The van der Waals surface area contributed by atoms with E-state index in [1.165, 1.54) is 11.3 Å². The molecule has 0 saturated carbocycles. The Morgan fingerprint density at radius 1 is 1.22 bits per heavy atom. The maximum Gasteiger partial charge on any atom is 0.165 e. The SMILES string of the molecule is O/N=C(\c1cnccn1)c1nc2ccccc2s1. The smallest absolute Gasteiger partial charge is 0.165 e. The van der Waals surface area contributed by atoms with Crippen molar-refractivity contribution < 1.29 is 5.21 Å². The molecule has 3 rings (SSSR count). The summed E-state index contributed by atoms with van der Waals surface area (Å²) < 4.78 is 1.04. The molecule has 2 heterocycles. The quantitative estimate of drug-likeness (QED) is 0.434. The van der Waals surface area contributed by atoms with Crippen LogP contribution >= 0.6 is 11.3 Å². The number of aromatic nitrogens is 3. The summed E-state index contributed by atoms with van der Waals surface area (Å²) in [5.74, 6) is 0. The Morgan fingerprint density at radius 3 is 2.83 bits per heavy atom. The monoisotopic (exact) mass is 256 g/mol. The van der Waals surface area contributed by atoms with Gasteiger partial charge in [-0.05, 0) is 12.1 Å². The van der Waals surface area contributed by atoms with Gasteiger partial charge in [-0.1, -0.05) is 17.3 Å². The van der Waals surface area contributed by atoms with E-state index in [1.54, 1.807) is 18.6 Å². The van der Waals surface area contributed by atoms with Crippen LogP contribution in [0.2, 0.25) is 0 Å². The van der Waals surface area contributed by atoms with E-state index in [9.17, 15) is 0 Å². The van der Waals surface area contributed by atoms with Crippen LogP contribution in [0.3, 0.4) is 0 Å². The fourth-order valence-electron chi connectivity index (χ4n) is 1.60. The van der Waals surface area contributed by atoms with Crippen LogP contribution in [0, 0.1) is 0 Å². The van der Waals surface area contributed by atoms with E-state index in [1.807, 2.05) is 24.3 Å². The molecule has 18 heavy (non-hydrogen) atoms. The lowest BCUT2D eigenvalue weighted by Gasteiger charge is -1.97. The van der Waals surface area contributed by atoms with Gasteiger partial charge in [0.2, 0.25) is 0 Å². The first-order valence-electron chi connectivity index (χ1n) is 5.23. The van der Waals surface area contributed by atoms with Crippen molar-refractivity contribution in [3.05, 3.63) is 53.6 Å². The number of fused-ring (bicyclic) bond motifs is 1. The van der Waals surface area contributed by atoms with Crippen molar-refractivity contribution in [2.24, 2.45) is 5.16 Å². The van der Waals surface area contributed by atoms with Crippen molar-refractivity contribution in [2.45, 2.75) is 0 Å². The molecule has 0 unspecified atom stereocenters. The second-order valence-electron chi connectivity index (χ2n) is 3.53. The molecule has 0 fully saturated rings. The molecule has 0 bridgehead atoms. The maximum absolute atomic E-state index is 9.14. The summed E-state index contributed by atoms with van der Waals surface area (Å²) in [5, 5.41) is 13.1. The Labute approximate surface area is 106 Å². The number of hydrogen-bond acceptors (Lipinski definition) is 6. The van der Waals surface area contributed by atoms with Gasteiger partial charge in [-0.3, -0.25) is 9.97 Å². The zero-order chi connectivity index (χ0) is 12.4. The summed E-state index contributed by atoms with van der Waals surface area (Å²) >= 11 is 1.46. The van der Waals surface area contributed by atoms with Crippen LogP contribution < -0.4 is 0 Å². The highest BCUT2D eigenvalue weighted by atomic mass is 32.1. The van der Waals surface area contributed by atoms with Gasteiger partial charge in [0.25, 0.3) is 0 Å². The van der Waals surface area contributed by atoms with E-state index < -0.39 is 0 Å². The van der Waals surface area contributed by atoms with Crippen molar-refractivity contribution in [2.75, 3.05) is 0 Å². The lowest BCUT2D eigenvalue weighted by molar-refractivity contribution is 0.319. The van der Waals surface area contributed by atoms with Crippen molar-refractivity contribution in [3.63, 3.8) is 0 Å². The number of rotatable bonds is 2. The molecule has 0 atom stereocenters. The topological polar surface area (TPSA) is 71.3 Å². The van der Waals surface area contributed by atoms with Gasteiger partial charge < -0.3 is 5.21 Å². The lowest BCUT2D eigenvalue weighted by atomic mass is 10.3. The number of oxime groups is 1. The lowest BCUT2D eigenvalue weighted by Crippen LogP contribution is -2.05. The standard InChI is InChI=1S/C12H8N4OS/c17-16-11(9-7-13-5-6-14-9)12-15-8-3-1-2-4-10(8)18-12/h1-7,17H/b16-11+. The van der Waals surface area contributed by atoms with Crippen LogP contribution in [0.15, 0.2) is 48.0 Å². The van der Waals surface area contributed by atoms with Crippen LogP contribution in [-0.4, -0.2) is 25.9 Å². The first-order chi connectivity index (χ1) is 8.88. The second kappa shape index (κ2) is 4.50. The molecule has 0 radical (unpaired) electrons. The minimum Gasteiger partial charge on any atom is -0.410 e. The molecule has 0 aliphatic carbocycles. The van der Waals surface area contributed by atoms with Crippen molar-refractivity contribution >= 4 is 27.3 Å². The Balaban J connectivity index is 2.13. The minimum atomic E-state index is 0.337. The molecular formula is C12H8N4OS. The van der Waals surface area contributed by atoms with Gasteiger partial charge in [-0.2, -0.15) is 0 Å². The van der Waals surface area contributed by atoms with Crippen LogP contribution in [0.1, 0.15) is 10.7 Å². The van der Waals surface area contributed by atoms with Gasteiger partial charge in [-0.25, -0.2) is 4.98 Å². The summed E-state index contributed by atoms with van der Waals surface area (Å²) in [4.78, 5) is 12.5. The second-order valence-corrected chi connectivity index (χ2v) is 4.56. The van der Waals surface area contributed by atoms with Crippen LogP contribution in [0.5, 0.6) is 0 Å². The van der Waals surface area contributed by atoms with Gasteiger partial charge in [0.1, 0.15) is 10.7 Å². The van der Waals surface area contributed by atoms with E-state index in [0.29, 0.717) is 16.4 Å². The third-order valence-corrected chi connectivity index (χ3v) is 3.45. The third kappa shape index (κ3) is 1.82. The molecule has 3 aromatic rings. The van der Waals surface area contributed by atoms with E-state index in [2.05, 4.69) is 20.1 Å². The summed E-state index contributed by atoms with van der Waals surface area (Å²) in [6, 6.07) is 7.76. The highest BCUT2D eigenvalue weighted by molar-refractivity contribution is 7.20. The predicted molar refractivity (Wildman–Crippen MR) is 69.1 cm³/mol. The summed E-state index contributed by atoms with van der Waals surface area (Å²) in [6.45, 7) is 0. The molecular weight excluding hydrogens is 248 g/mol. The van der Waals surface area contributed by atoms with E-state index in [-0.39, 0.29) is 0 Å². The van der Waals surface area contributed by atoms with Crippen LogP contribution in [0.4, 0.5) is 0 Å². The van der Waals surface area contributed by atoms with Gasteiger partial charge in [-0.15, -0.1) is 11.3 Å². The Kier molecular flexibility index (Phi) is 2.70. The molecule has 1 aromatic carbocycles. The van der Waals surface area contributed by atoms with Crippen molar-refractivity contribution in [1.29, 1.82) is 0 Å². The number of nitrogens with zero attached hydrogens (tertiary/aromatic N) is 4. The van der Waals surface area contributed by atoms with Crippen molar-refractivity contribution in [1.82, 2.24) is 15.0 Å². The Bertz CT molecular complexity index is 675. The highest BCUT2D eigenvalue weighted by Gasteiger charge is 2.14. The summed E-state index contributed by atoms with van der Waals surface area (Å²) in [5.41, 5.74) is 1.71. The van der Waals surface area contributed by atoms with Gasteiger partial charge >= 0.3 is 0 Å². The minimum absolute atomic E-state index is 0.337.